The first-order valence-electron chi connectivity index (χ1n) is 15.0. The Bertz CT molecular complexity index is 1790. The molecule has 4 aromatic carbocycles. The van der Waals surface area contributed by atoms with Gasteiger partial charge in [0.25, 0.3) is 10.0 Å². The van der Waals surface area contributed by atoms with Crippen LogP contribution in [-0.4, -0.2) is 50.4 Å². The molecule has 0 radical (unpaired) electrons. The smallest absolute Gasteiger partial charge is 0.264 e. The number of sulfonamides is 1. The summed E-state index contributed by atoms with van der Waals surface area (Å²) in [6, 6.07) is 26.0. The second-order valence-electron chi connectivity index (χ2n) is 12.2. The van der Waals surface area contributed by atoms with E-state index >= 15 is 0 Å². The Hall–Kier alpha value is -4.05. The third kappa shape index (κ3) is 9.50. The van der Waals surface area contributed by atoms with Gasteiger partial charge in [-0.2, -0.15) is 0 Å². The highest BCUT2D eigenvalue weighted by Crippen LogP contribution is 2.28. The summed E-state index contributed by atoms with van der Waals surface area (Å²) in [5.74, 6) is -0.500. The highest BCUT2D eigenvalue weighted by atomic mass is 35.5. The van der Waals surface area contributed by atoms with Crippen molar-refractivity contribution in [2.24, 2.45) is 0 Å². The van der Waals surface area contributed by atoms with Crippen LogP contribution in [0.4, 0.5) is 5.69 Å². The number of nitrogens with zero attached hydrogens (tertiary/aromatic N) is 2. The number of rotatable bonds is 12. The molecule has 8 nitrogen and oxygen atoms in total. The predicted octanol–water partition coefficient (Wildman–Crippen LogP) is 7.06. The number of carbonyl (C=O) groups is 2. The summed E-state index contributed by atoms with van der Waals surface area (Å²) >= 11 is 12.8. The average Bonchev–Trinajstić information content (AvgIpc) is 3.02. The molecule has 0 aliphatic heterocycles. The lowest BCUT2D eigenvalue weighted by atomic mass is 10.0. The molecule has 0 bridgehead atoms. The fourth-order valence-corrected chi connectivity index (χ4v) is 6.84. The second-order valence-corrected chi connectivity index (χ2v) is 14.9. The van der Waals surface area contributed by atoms with Crippen LogP contribution in [0.1, 0.15) is 37.5 Å². The lowest BCUT2D eigenvalue weighted by molar-refractivity contribution is -0.140. The highest BCUT2D eigenvalue weighted by molar-refractivity contribution is 7.92. The van der Waals surface area contributed by atoms with Crippen LogP contribution in [0.15, 0.2) is 102 Å². The van der Waals surface area contributed by atoms with Gasteiger partial charge in [-0.1, -0.05) is 77.3 Å². The molecule has 0 heterocycles. The van der Waals surface area contributed by atoms with Crippen LogP contribution < -0.4 is 14.4 Å². The van der Waals surface area contributed by atoms with Gasteiger partial charge in [-0.25, -0.2) is 8.42 Å². The molecular weight excluding hydrogens is 657 g/mol. The topological polar surface area (TPSA) is 96.0 Å². The van der Waals surface area contributed by atoms with Crippen LogP contribution in [0.5, 0.6) is 5.75 Å². The summed E-state index contributed by atoms with van der Waals surface area (Å²) < 4.78 is 34.7. The zero-order chi connectivity index (χ0) is 34.4. The molecule has 1 N–H and O–H groups in total. The van der Waals surface area contributed by atoms with E-state index in [1.165, 1.54) is 24.1 Å². The molecule has 0 fully saturated rings. The summed E-state index contributed by atoms with van der Waals surface area (Å²) in [6.45, 7) is 6.79. The maximum atomic E-state index is 14.6. The first-order valence-corrected chi connectivity index (χ1v) is 17.2. The van der Waals surface area contributed by atoms with Crippen molar-refractivity contribution in [2.45, 2.75) is 57.1 Å². The zero-order valence-electron chi connectivity index (χ0n) is 27.0. The Labute approximate surface area is 287 Å². The van der Waals surface area contributed by atoms with E-state index in [1.54, 1.807) is 54.6 Å². The molecule has 0 aliphatic rings. The monoisotopic (exact) mass is 695 g/mol. The van der Waals surface area contributed by atoms with Crippen molar-refractivity contribution in [1.29, 1.82) is 0 Å². The summed E-state index contributed by atoms with van der Waals surface area (Å²) in [5, 5.41) is 3.74. The van der Waals surface area contributed by atoms with Crippen molar-refractivity contribution in [3.8, 4) is 5.75 Å². The number of nitrogens with one attached hydrogen (secondary N) is 1. The molecular formula is C36H39Cl2N3O5S. The zero-order valence-corrected chi connectivity index (χ0v) is 29.4. The molecule has 11 heteroatoms. The van der Waals surface area contributed by atoms with E-state index in [2.05, 4.69) is 5.32 Å². The molecule has 47 heavy (non-hydrogen) atoms. The van der Waals surface area contributed by atoms with Crippen LogP contribution in [0.3, 0.4) is 0 Å². The van der Waals surface area contributed by atoms with E-state index in [9.17, 15) is 18.0 Å². The molecule has 0 saturated heterocycles. The van der Waals surface area contributed by atoms with Gasteiger partial charge in [0.1, 0.15) is 18.3 Å². The van der Waals surface area contributed by atoms with Gasteiger partial charge in [0, 0.05) is 28.5 Å². The molecule has 0 aliphatic carbocycles. The van der Waals surface area contributed by atoms with Crippen LogP contribution in [0.2, 0.25) is 10.0 Å². The van der Waals surface area contributed by atoms with Gasteiger partial charge in [0.2, 0.25) is 11.8 Å². The number of benzene rings is 4. The summed E-state index contributed by atoms with van der Waals surface area (Å²) in [4.78, 5) is 30.0. The van der Waals surface area contributed by atoms with Crippen molar-refractivity contribution >= 4 is 50.7 Å². The number of hydrogen-bond donors (Lipinski definition) is 1. The Morgan fingerprint density at radius 3 is 2.11 bits per heavy atom. The quantitative estimate of drug-likeness (QED) is 0.171. The maximum absolute atomic E-state index is 14.6. The minimum Gasteiger partial charge on any atom is -0.497 e. The largest absolute Gasteiger partial charge is 0.497 e. The van der Waals surface area contributed by atoms with E-state index in [4.69, 9.17) is 27.9 Å². The average molecular weight is 697 g/mol. The van der Waals surface area contributed by atoms with Gasteiger partial charge in [-0.05, 0) is 87.4 Å². The van der Waals surface area contributed by atoms with Crippen molar-refractivity contribution < 1.29 is 22.7 Å². The Morgan fingerprint density at radius 2 is 1.53 bits per heavy atom. The Balaban J connectivity index is 1.83. The van der Waals surface area contributed by atoms with Crippen molar-refractivity contribution in [3.63, 3.8) is 0 Å². The molecule has 2 amide bonds. The third-order valence-electron chi connectivity index (χ3n) is 7.37. The fourth-order valence-electron chi connectivity index (χ4n) is 4.95. The molecule has 0 spiro atoms. The molecule has 0 aromatic heterocycles. The number of hydrogen-bond acceptors (Lipinski definition) is 5. The van der Waals surface area contributed by atoms with E-state index in [0.29, 0.717) is 27.0 Å². The maximum Gasteiger partial charge on any atom is 0.264 e. The number of carbonyl (C=O) groups excluding carboxylic acids is 2. The predicted molar refractivity (Wildman–Crippen MR) is 188 cm³/mol. The molecule has 1 atom stereocenters. The van der Waals surface area contributed by atoms with Gasteiger partial charge in [0.05, 0.1) is 17.7 Å². The lowest BCUT2D eigenvalue weighted by Crippen LogP contribution is -2.56. The van der Waals surface area contributed by atoms with E-state index < -0.39 is 34.1 Å². The number of aryl methyl sites for hydroxylation is 1. The highest BCUT2D eigenvalue weighted by Gasteiger charge is 2.36. The van der Waals surface area contributed by atoms with Crippen LogP contribution in [-0.2, 0) is 32.6 Å². The number of anilines is 1. The summed E-state index contributed by atoms with van der Waals surface area (Å²) in [5.41, 5.74) is 1.98. The second kappa shape index (κ2) is 15.2. The van der Waals surface area contributed by atoms with Crippen LogP contribution in [0.25, 0.3) is 0 Å². The minimum absolute atomic E-state index is 0.0229. The molecule has 4 rings (SSSR count). The van der Waals surface area contributed by atoms with Crippen LogP contribution >= 0.6 is 23.2 Å². The van der Waals surface area contributed by atoms with E-state index in [1.807, 2.05) is 58.0 Å². The molecule has 4 aromatic rings. The SMILES string of the molecule is COc1ccc(S(=O)(=O)N(CC(=O)N(Cc2ccc(Cl)cc2Cl)[C@@H](Cc2ccccc2)C(=O)NC(C)(C)C)c2ccc(C)cc2)cc1. The van der Waals surface area contributed by atoms with Crippen molar-refractivity contribution in [2.75, 3.05) is 18.0 Å². The number of halogens is 2. The Morgan fingerprint density at radius 1 is 0.894 bits per heavy atom. The normalized spacial score (nSPS) is 12.2. The first-order chi connectivity index (χ1) is 22.2. The van der Waals surface area contributed by atoms with Gasteiger partial charge in [-0.3, -0.25) is 13.9 Å². The van der Waals surface area contributed by atoms with Gasteiger partial charge in [0.15, 0.2) is 0 Å². The number of methoxy groups -OCH3 is 1. The molecule has 248 valence electrons. The van der Waals surface area contributed by atoms with Crippen molar-refractivity contribution in [3.05, 3.63) is 124 Å². The summed E-state index contributed by atoms with van der Waals surface area (Å²) in [7, 11) is -2.76. The van der Waals surface area contributed by atoms with E-state index in [0.717, 1.165) is 15.4 Å². The van der Waals surface area contributed by atoms with Crippen LogP contribution in [0, 0.1) is 6.92 Å². The summed E-state index contributed by atoms with van der Waals surface area (Å²) in [6.07, 6.45) is 0.176. The minimum atomic E-state index is -4.25. The third-order valence-corrected chi connectivity index (χ3v) is 9.75. The Kier molecular flexibility index (Phi) is 11.6. The van der Waals surface area contributed by atoms with Gasteiger partial charge < -0.3 is 15.0 Å². The first kappa shape index (κ1) is 35.8. The fraction of sp³-hybridized carbons (Fsp3) is 0.278. The molecule has 0 unspecified atom stereocenters. The standard InChI is InChI=1S/C36H39Cl2N3O5S/c1-25-11-15-29(16-12-25)41(47(44,45)31-19-17-30(46-5)18-20-31)24-34(42)40(23-27-13-14-28(37)22-32(27)38)33(35(43)39-36(2,3)4)21-26-9-7-6-8-10-26/h6-20,22,33H,21,23-24H2,1-5H3,(H,39,43)/t33-/m0/s1. The number of ether oxygens (including phenoxy) is 1. The van der Waals surface area contributed by atoms with Gasteiger partial charge >= 0.3 is 0 Å². The van der Waals surface area contributed by atoms with E-state index in [-0.39, 0.29) is 23.8 Å². The lowest BCUT2D eigenvalue weighted by Gasteiger charge is -2.35. The van der Waals surface area contributed by atoms with Crippen molar-refractivity contribution in [1.82, 2.24) is 10.2 Å². The number of amides is 2. The molecule has 0 saturated carbocycles. The van der Waals surface area contributed by atoms with Gasteiger partial charge in [-0.15, -0.1) is 0 Å².